The minimum atomic E-state index is -4.67. The van der Waals surface area contributed by atoms with Crippen molar-refractivity contribution in [1.82, 2.24) is 19.5 Å². The lowest BCUT2D eigenvalue weighted by Gasteiger charge is -2.16. The Bertz CT molecular complexity index is 1800. The van der Waals surface area contributed by atoms with E-state index in [9.17, 15) is 18.0 Å². The highest BCUT2D eigenvalue weighted by atomic mass is 79.9. The molecule has 2 N–H and O–H groups in total. The van der Waals surface area contributed by atoms with E-state index < -0.39 is 30.6 Å². The van der Waals surface area contributed by atoms with E-state index in [1.807, 2.05) is 30.3 Å². The van der Waals surface area contributed by atoms with E-state index in [2.05, 4.69) is 30.9 Å². The Labute approximate surface area is 249 Å². The Balaban J connectivity index is 1.69. The fraction of sp³-hybridized carbons (Fsp3) is 0.143. The number of carbonyl (C=O) groups excluding carboxylic acids is 1. The van der Waals surface area contributed by atoms with Crippen LogP contribution < -0.4 is 24.7 Å². The van der Waals surface area contributed by atoms with E-state index in [1.54, 1.807) is 0 Å². The minimum Gasteiger partial charge on any atom is -0.494 e. The van der Waals surface area contributed by atoms with Crippen LogP contribution in [0, 0.1) is 5.82 Å². The van der Waals surface area contributed by atoms with Crippen LogP contribution in [0.4, 0.5) is 22.4 Å². The van der Waals surface area contributed by atoms with E-state index in [4.69, 9.17) is 24.7 Å². The van der Waals surface area contributed by atoms with Crippen molar-refractivity contribution in [2.24, 2.45) is 5.73 Å². The number of alkyl halides is 3. The van der Waals surface area contributed by atoms with Gasteiger partial charge in [-0.1, -0.05) is 30.3 Å². The Morgan fingerprint density at radius 1 is 1.02 bits per heavy atom. The summed E-state index contributed by atoms with van der Waals surface area (Å²) in [7, 11) is 1.33. The summed E-state index contributed by atoms with van der Waals surface area (Å²) in [4.78, 5) is 23.7. The lowest BCUT2D eigenvalue weighted by molar-refractivity contribution is -0.153. The van der Waals surface area contributed by atoms with Gasteiger partial charge in [-0.3, -0.25) is 0 Å². The number of fused-ring (bicyclic) bond motifs is 1. The van der Waals surface area contributed by atoms with Gasteiger partial charge < -0.3 is 29.2 Å². The minimum absolute atomic E-state index is 0.0210. The number of ether oxygens (including phenoxy) is 4. The highest BCUT2D eigenvalue weighted by Gasteiger charge is 2.31. The van der Waals surface area contributed by atoms with E-state index in [1.165, 1.54) is 36.1 Å². The van der Waals surface area contributed by atoms with Crippen molar-refractivity contribution < 1.29 is 41.3 Å². The maximum atomic E-state index is 15.4. The molecule has 0 bridgehead atoms. The number of aromatic nitrogens is 4. The number of amides is 1. The number of methoxy groups -OCH3 is 1. The normalized spacial score (nSPS) is 11.4. The largest absolute Gasteiger partial charge is 0.494 e. The van der Waals surface area contributed by atoms with Crippen LogP contribution in [0.3, 0.4) is 0 Å². The van der Waals surface area contributed by atoms with Gasteiger partial charge in [-0.05, 0) is 33.6 Å². The molecule has 0 fully saturated rings. The zero-order chi connectivity index (χ0) is 30.7. The molecule has 43 heavy (non-hydrogen) atoms. The zero-order valence-electron chi connectivity index (χ0n) is 22.1. The third kappa shape index (κ3) is 6.45. The summed E-state index contributed by atoms with van der Waals surface area (Å²) in [5.41, 5.74) is 6.48. The molecule has 5 aromatic rings. The molecule has 10 nitrogen and oxygen atoms in total. The van der Waals surface area contributed by atoms with Crippen LogP contribution in [0.5, 0.6) is 23.1 Å². The van der Waals surface area contributed by atoms with Crippen LogP contribution >= 0.6 is 15.9 Å². The second kappa shape index (κ2) is 12.1. The summed E-state index contributed by atoms with van der Waals surface area (Å²) < 4.78 is 77.5. The van der Waals surface area contributed by atoms with Crippen LogP contribution in [0.25, 0.3) is 28.1 Å². The van der Waals surface area contributed by atoms with Gasteiger partial charge in [0.1, 0.15) is 35.4 Å². The van der Waals surface area contributed by atoms with Crippen LogP contribution in [-0.2, 0) is 6.61 Å². The standard InChI is InChI=1S/C28H20BrF4N5O5/c1-40-20-10-17(43-27(34)39)11-35-22(20)24-21(29)23-25(26(37-14-36-23)42-13-28(31,32)33)38(24)16-7-8-19(18(30)9-16)41-12-15-5-3-2-4-6-15/h2-11,14H,12-13H2,1H3,(H2,34,39). The molecule has 222 valence electrons. The molecule has 5 rings (SSSR count). The quantitative estimate of drug-likeness (QED) is 0.181. The van der Waals surface area contributed by atoms with E-state index >= 15 is 4.39 Å². The highest BCUT2D eigenvalue weighted by Crippen LogP contribution is 2.44. The van der Waals surface area contributed by atoms with Crippen molar-refractivity contribution in [2.75, 3.05) is 13.7 Å². The summed E-state index contributed by atoms with van der Waals surface area (Å²) >= 11 is 3.46. The van der Waals surface area contributed by atoms with E-state index in [0.29, 0.717) is 0 Å². The van der Waals surface area contributed by atoms with Crippen LogP contribution in [-0.4, -0.2) is 45.5 Å². The summed E-state index contributed by atoms with van der Waals surface area (Å²) in [6, 6.07) is 14.5. The van der Waals surface area contributed by atoms with Crippen molar-refractivity contribution in [2.45, 2.75) is 12.8 Å². The van der Waals surface area contributed by atoms with Crippen molar-refractivity contribution in [3.63, 3.8) is 0 Å². The molecule has 1 amide bonds. The first-order valence-corrected chi connectivity index (χ1v) is 13.1. The van der Waals surface area contributed by atoms with Gasteiger partial charge in [0.25, 0.3) is 0 Å². The molecule has 0 aliphatic heterocycles. The molecule has 3 heterocycles. The van der Waals surface area contributed by atoms with Gasteiger partial charge in [0.05, 0.1) is 23.5 Å². The van der Waals surface area contributed by atoms with Gasteiger partial charge in [-0.15, -0.1) is 0 Å². The van der Waals surface area contributed by atoms with Crippen molar-refractivity contribution >= 4 is 33.1 Å². The second-order valence-electron chi connectivity index (χ2n) is 8.81. The number of primary amides is 1. The molecule has 0 aliphatic carbocycles. The van der Waals surface area contributed by atoms with Gasteiger partial charge in [0, 0.05) is 17.8 Å². The van der Waals surface area contributed by atoms with E-state index in [0.717, 1.165) is 18.0 Å². The maximum absolute atomic E-state index is 15.4. The molecule has 2 aromatic carbocycles. The summed E-state index contributed by atoms with van der Waals surface area (Å²) in [6.07, 6.45) is -3.54. The van der Waals surface area contributed by atoms with Crippen LogP contribution in [0.15, 0.2) is 71.6 Å². The van der Waals surface area contributed by atoms with Crippen molar-refractivity contribution in [1.29, 1.82) is 0 Å². The molecule has 0 spiro atoms. The average Bonchev–Trinajstić information content (AvgIpc) is 3.27. The first-order chi connectivity index (χ1) is 20.6. The van der Waals surface area contributed by atoms with Gasteiger partial charge in [0.2, 0.25) is 5.88 Å². The summed E-state index contributed by atoms with van der Waals surface area (Å²) in [5.74, 6) is -1.19. The topological polar surface area (TPSA) is 124 Å². The average molecular weight is 662 g/mol. The number of nitrogens with two attached hydrogens (primary N) is 1. The molecule has 15 heteroatoms. The lowest BCUT2D eigenvalue weighted by Crippen LogP contribution is -2.20. The molecular formula is C28H20BrF4N5O5. The van der Waals surface area contributed by atoms with Crippen molar-refractivity contribution in [3.8, 4) is 40.2 Å². The molecule has 0 unspecified atom stereocenters. The van der Waals surface area contributed by atoms with E-state index in [-0.39, 0.29) is 56.4 Å². The monoisotopic (exact) mass is 661 g/mol. The Morgan fingerprint density at radius 3 is 2.47 bits per heavy atom. The highest BCUT2D eigenvalue weighted by molar-refractivity contribution is 9.10. The van der Waals surface area contributed by atoms with Gasteiger partial charge in [-0.25, -0.2) is 19.2 Å². The molecule has 3 aromatic heterocycles. The first-order valence-electron chi connectivity index (χ1n) is 12.3. The molecule has 0 atom stereocenters. The smallest absolute Gasteiger partial charge is 0.422 e. The number of carbonyl (C=O) groups is 1. The lowest BCUT2D eigenvalue weighted by atomic mass is 10.2. The number of halogens is 5. The number of benzene rings is 2. The Hall–Kier alpha value is -4.92. The number of hydrogen-bond acceptors (Lipinski definition) is 8. The molecule has 0 radical (unpaired) electrons. The molecular weight excluding hydrogens is 642 g/mol. The number of nitrogens with zero attached hydrogens (tertiary/aromatic N) is 4. The first kappa shape index (κ1) is 29.6. The third-order valence-corrected chi connectivity index (χ3v) is 6.68. The SMILES string of the molecule is COc1cc(OC(N)=O)cnc1-c1c(Br)c2ncnc(OCC(F)(F)F)c2n1-c1ccc(OCc2ccccc2)c(F)c1. The summed E-state index contributed by atoms with van der Waals surface area (Å²) in [6.45, 7) is -1.54. The Kier molecular flexibility index (Phi) is 8.34. The molecule has 0 saturated carbocycles. The fourth-order valence-electron chi connectivity index (χ4n) is 4.18. The van der Waals surface area contributed by atoms with Gasteiger partial charge in [0.15, 0.2) is 23.9 Å². The third-order valence-electron chi connectivity index (χ3n) is 5.93. The zero-order valence-corrected chi connectivity index (χ0v) is 23.6. The molecule has 0 aliphatic rings. The maximum Gasteiger partial charge on any atom is 0.422 e. The van der Waals surface area contributed by atoms with Crippen LogP contribution in [0.2, 0.25) is 0 Å². The summed E-state index contributed by atoms with van der Waals surface area (Å²) in [5, 5.41) is 0. The number of pyridine rings is 1. The Morgan fingerprint density at radius 2 is 1.79 bits per heavy atom. The van der Waals surface area contributed by atoms with Crippen molar-refractivity contribution in [3.05, 3.63) is 83.0 Å². The van der Waals surface area contributed by atoms with Gasteiger partial charge >= 0.3 is 12.3 Å². The predicted octanol–water partition coefficient (Wildman–Crippen LogP) is 6.37. The second-order valence-corrected chi connectivity index (χ2v) is 9.60. The predicted molar refractivity (Wildman–Crippen MR) is 149 cm³/mol. The number of hydrogen-bond donors (Lipinski definition) is 1. The molecule has 0 saturated heterocycles. The van der Waals surface area contributed by atoms with Crippen LogP contribution in [0.1, 0.15) is 5.56 Å². The fourth-order valence-corrected chi connectivity index (χ4v) is 4.84. The van der Waals surface area contributed by atoms with Gasteiger partial charge in [-0.2, -0.15) is 18.2 Å². The number of rotatable bonds is 9.